The summed E-state index contributed by atoms with van der Waals surface area (Å²) in [4.78, 5) is 46.0. The Morgan fingerprint density at radius 2 is 2.04 bits per heavy atom. The molecule has 1 aliphatic heterocycles. The van der Waals surface area contributed by atoms with E-state index < -0.39 is 0 Å². The van der Waals surface area contributed by atoms with E-state index in [0.29, 0.717) is 36.8 Å². The van der Waals surface area contributed by atoms with Crippen LogP contribution >= 0.6 is 0 Å². The number of nitrogens with one attached hydrogen (secondary N) is 2. The van der Waals surface area contributed by atoms with Crippen LogP contribution in [0, 0.1) is 13.8 Å². The summed E-state index contributed by atoms with van der Waals surface area (Å²) in [7, 11) is 0. The van der Waals surface area contributed by atoms with Gasteiger partial charge in [-0.2, -0.15) is 0 Å². The quantitative estimate of drug-likeness (QED) is 0.783. The Balaban J connectivity index is 1.64. The monoisotopic (exact) mass is 376 g/mol. The number of ether oxygens (including phenoxy) is 1. The molecule has 2 aliphatic rings. The third-order valence-corrected chi connectivity index (χ3v) is 5.36. The van der Waals surface area contributed by atoms with Gasteiger partial charge in [0.1, 0.15) is 5.82 Å². The molecule has 0 radical (unpaired) electrons. The number of amides is 2. The second kappa shape index (κ2) is 8.65. The molecular weight excluding hydrogens is 348 g/mol. The number of nitrogens with zero attached hydrogens (tertiary/aromatic N) is 2. The summed E-state index contributed by atoms with van der Waals surface area (Å²) in [5, 5.41) is 3.06. The van der Waals surface area contributed by atoms with Gasteiger partial charge in [0.15, 0.2) is 0 Å². The molecule has 1 aliphatic carbocycles. The van der Waals surface area contributed by atoms with Crippen molar-refractivity contribution in [2.45, 2.75) is 64.5 Å². The normalized spacial score (nSPS) is 20.7. The molecule has 2 N–H and O–H groups in total. The number of carbonyl (C=O) groups excluding carboxylic acids is 2. The Hall–Kier alpha value is -2.22. The Labute approximate surface area is 158 Å². The maximum absolute atomic E-state index is 12.9. The zero-order valence-corrected chi connectivity index (χ0v) is 16.0. The molecule has 1 aromatic heterocycles. The zero-order chi connectivity index (χ0) is 19.4. The van der Waals surface area contributed by atoms with Gasteiger partial charge in [-0.15, -0.1) is 0 Å². The van der Waals surface area contributed by atoms with Crippen molar-refractivity contribution in [3.05, 3.63) is 27.4 Å². The van der Waals surface area contributed by atoms with E-state index in [2.05, 4.69) is 15.3 Å². The summed E-state index contributed by atoms with van der Waals surface area (Å²) in [6.45, 7) is 4.65. The van der Waals surface area contributed by atoms with E-state index in [4.69, 9.17) is 4.74 Å². The molecule has 2 fully saturated rings. The van der Waals surface area contributed by atoms with E-state index in [1.165, 1.54) is 0 Å². The van der Waals surface area contributed by atoms with Crippen LogP contribution in [0.4, 0.5) is 0 Å². The van der Waals surface area contributed by atoms with Crippen molar-refractivity contribution in [2.75, 3.05) is 19.8 Å². The minimum absolute atomic E-state index is 0.0187. The van der Waals surface area contributed by atoms with E-state index in [1.807, 2.05) is 0 Å². The molecule has 1 aromatic rings. The van der Waals surface area contributed by atoms with Crippen molar-refractivity contribution < 1.29 is 14.3 Å². The van der Waals surface area contributed by atoms with Gasteiger partial charge in [-0.05, 0) is 26.7 Å². The molecule has 2 amide bonds. The Bertz CT molecular complexity index is 755. The van der Waals surface area contributed by atoms with Crippen molar-refractivity contribution in [1.29, 1.82) is 0 Å². The largest absolute Gasteiger partial charge is 0.377 e. The van der Waals surface area contributed by atoms with Gasteiger partial charge >= 0.3 is 0 Å². The van der Waals surface area contributed by atoms with Gasteiger partial charge in [0.2, 0.25) is 11.8 Å². The number of carbonyl (C=O) groups is 2. The first-order valence-corrected chi connectivity index (χ1v) is 9.67. The number of aromatic amines is 1. The molecule has 0 spiro atoms. The number of morpholine rings is 1. The summed E-state index contributed by atoms with van der Waals surface area (Å²) in [6, 6.07) is -0.0450. The second-order valence-corrected chi connectivity index (χ2v) is 7.46. The van der Waals surface area contributed by atoms with Gasteiger partial charge in [0, 0.05) is 30.3 Å². The Kier molecular flexibility index (Phi) is 6.26. The predicted molar refractivity (Wildman–Crippen MR) is 99.4 cm³/mol. The van der Waals surface area contributed by atoms with Crippen molar-refractivity contribution in [3.63, 3.8) is 0 Å². The average Bonchev–Trinajstić information content (AvgIpc) is 3.11. The topological polar surface area (TPSA) is 104 Å². The maximum Gasteiger partial charge on any atom is 0.254 e. The van der Waals surface area contributed by atoms with Crippen molar-refractivity contribution >= 4 is 11.8 Å². The first-order valence-electron chi connectivity index (χ1n) is 9.67. The van der Waals surface area contributed by atoms with Crippen molar-refractivity contribution in [1.82, 2.24) is 20.2 Å². The number of rotatable bonds is 5. The van der Waals surface area contributed by atoms with E-state index in [1.54, 1.807) is 18.7 Å². The van der Waals surface area contributed by atoms with E-state index >= 15 is 0 Å². The van der Waals surface area contributed by atoms with Gasteiger partial charge in [0.05, 0.1) is 25.7 Å². The number of hydrogen-bond acceptors (Lipinski definition) is 5. The molecule has 8 heteroatoms. The molecule has 0 bridgehead atoms. The molecule has 148 valence electrons. The first kappa shape index (κ1) is 19.5. The first-order chi connectivity index (χ1) is 12.9. The smallest absolute Gasteiger partial charge is 0.254 e. The lowest BCUT2D eigenvalue weighted by molar-refractivity contribution is -0.141. The molecule has 8 nitrogen and oxygen atoms in total. The number of aromatic nitrogens is 2. The van der Waals surface area contributed by atoms with Crippen LogP contribution in [-0.2, 0) is 20.7 Å². The highest BCUT2D eigenvalue weighted by atomic mass is 16.5. The minimum Gasteiger partial charge on any atom is -0.377 e. The standard InChI is InChI=1S/C19H28N4O4/c1-12-16(19(26)21-13(2)20-12)10-18(25)23-7-8-27-11-15(23)9-17(24)22-14-5-3-4-6-14/h14-15H,3-11H2,1-2H3,(H,22,24)(H,20,21,26)/t15-/m0/s1. The lowest BCUT2D eigenvalue weighted by Gasteiger charge is -2.35. The number of H-pyrrole nitrogens is 1. The van der Waals surface area contributed by atoms with Gasteiger partial charge < -0.3 is 19.9 Å². The molecule has 3 rings (SSSR count). The maximum atomic E-state index is 12.9. The average molecular weight is 376 g/mol. The lowest BCUT2D eigenvalue weighted by Crippen LogP contribution is -2.51. The van der Waals surface area contributed by atoms with Crippen LogP contribution in [0.15, 0.2) is 4.79 Å². The van der Waals surface area contributed by atoms with Crippen LogP contribution in [0.3, 0.4) is 0 Å². The van der Waals surface area contributed by atoms with Crippen LogP contribution in [0.25, 0.3) is 0 Å². The molecule has 0 unspecified atom stereocenters. The highest BCUT2D eigenvalue weighted by Crippen LogP contribution is 2.19. The SMILES string of the molecule is Cc1nc(C)c(CC(=O)N2CCOC[C@@H]2CC(=O)NC2CCCC2)c(=O)[nH]1. The fraction of sp³-hybridized carbons (Fsp3) is 0.684. The van der Waals surface area contributed by atoms with Gasteiger partial charge in [-0.3, -0.25) is 14.4 Å². The van der Waals surface area contributed by atoms with Crippen LogP contribution < -0.4 is 10.9 Å². The summed E-state index contributed by atoms with van der Waals surface area (Å²) in [5.74, 6) is 0.319. The van der Waals surface area contributed by atoms with E-state index in [9.17, 15) is 14.4 Å². The summed E-state index contributed by atoms with van der Waals surface area (Å²) in [5.41, 5.74) is 0.664. The summed E-state index contributed by atoms with van der Waals surface area (Å²) >= 11 is 0. The zero-order valence-electron chi connectivity index (χ0n) is 16.0. The van der Waals surface area contributed by atoms with Gasteiger partial charge in [0.25, 0.3) is 5.56 Å². The van der Waals surface area contributed by atoms with Crippen LogP contribution in [0.5, 0.6) is 0 Å². The highest BCUT2D eigenvalue weighted by Gasteiger charge is 2.30. The Morgan fingerprint density at radius 1 is 1.30 bits per heavy atom. The fourth-order valence-corrected chi connectivity index (χ4v) is 3.94. The molecule has 1 atom stereocenters. The Morgan fingerprint density at radius 3 is 2.74 bits per heavy atom. The fourth-order valence-electron chi connectivity index (χ4n) is 3.94. The number of aryl methyl sites for hydroxylation is 2. The summed E-state index contributed by atoms with van der Waals surface area (Å²) < 4.78 is 5.49. The molecule has 1 saturated heterocycles. The van der Waals surface area contributed by atoms with E-state index in [-0.39, 0.29) is 42.3 Å². The van der Waals surface area contributed by atoms with Gasteiger partial charge in [-0.1, -0.05) is 12.8 Å². The molecule has 27 heavy (non-hydrogen) atoms. The van der Waals surface area contributed by atoms with Crippen molar-refractivity contribution in [3.8, 4) is 0 Å². The van der Waals surface area contributed by atoms with Crippen LogP contribution in [0.2, 0.25) is 0 Å². The molecular formula is C19H28N4O4. The third kappa shape index (κ3) is 4.94. The lowest BCUT2D eigenvalue weighted by atomic mass is 10.1. The predicted octanol–water partition coefficient (Wildman–Crippen LogP) is 0.606. The molecule has 0 aromatic carbocycles. The molecule has 2 heterocycles. The van der Waals surface area contributed by atoms with Crippen LogP contribution in [-0.4, -0.2) is 58.5 Å². The molecule has 1 saturated carbocycles. The second-order valence-electron chi connectivity index (χ2n) is 7.46. The van der Waals surface area contributed by atoms with E-state index in [0.717, 1.165) is 25.7 Å². The van der Waals surface area contributed by atoms with Crippen molar-refractivity contribution in [2.24, 2.45) is 0 Å². The number of hydrogen-bond donors (Lipinski definition) is 2. The van der Waals surface area contributed by atoms with Crippen LogP contribution in [0.1, 0.15) is 49.2 Å². The third-order valence-electron chi connectivity index (χ3n) is 5.36. The minimum atomic E-state index is -0.301. The summed E-state index contributed by atoms with van der Waals surface area (Å²) in [6.07, 6.45) is 4.57. The highest BCUT2D eigenvalue weighted by molar-refractivity contribution is 5.81. The van der Waals surface area contributed by atoms with Gasteiger partial charge in [-0.25, -0.2) is 4.98 Å².